The van der Waals surface area contributed by atoms with Gasteiger partial charge in [0.05, 0.1) is 17.6 Å². The minimum Gasteiger partial charge on any atom is -0.399 e. The van der Waals surface area contributed by atoms with Crippen molar-refractivity contribution in [2.75, 3.05) is 35.6 Å². The van der Waals surface area contributed by atoms with Crippen LogP contribution >= 0.6 is 11.3 Å². The maximum Gasteiger partial charge on any atom is 0.275 e. The molecular weight excluding hydrogens is 398 g/mol. The highest BCUT2D eigenvalue weighted by molar-refractivity contribution is 7.13. The molecule has 3 heterocycles. The van der Waals surface area contributed by atoms with Crippen LogP contribution < -0.4 is 21.7 Å². The summed E-state index contributed by atoms with van der Waals surface area (Å²) in [4.78, 5) is 19.7. The Balaban J connectivity index is 1.51. The zero-order chi connectivity index (χ0) is 21.1. The first-order chi connectivity index (χ1) is 14.6. The van der Waals surface area contributed by atoms with Crippen molar-refractivity contribution in [3.05, 3.63) is 41.7 Å². The number of benzene rings is 1. The van der Waals surface area contributed by atoms with Gasteiger partial charge in [-0.2, -0.15) is 5.10 Å². The van der Waals surface area contributed by atoms with E-state index in [1.807, 2.05) is 29.9 Å². The summed E-state index contributed by atoms with van der Waals surface area (Å²) in [5, 5.41) is 9.83. The minimum absolute atomic E-state index is 0.246. The molecule has 0 atom stereocenters. The van der Waals surface area contributed by atoms with Crippen molar-refractivity contribution in [1.82, 2.24) is 14.8 Å². The normalized spacial score (nSPS) is 14.8. The van der Waals surface area contributed by atoms with Crippen molar-refractivity contribution in [2.24, 2.45) is 11.7 Å². The Kier molecular flexibility index (Phi) is 6.01. The Labute approximate surface area is 179 Å². The van der Waals surface area contributed by atoms with Gasteiger partial charge < -0.3 is 21.7 Å². The number of carbonyl (C=O) groups excluding carboxylic acids is 1. The molecule has 2 aromatic heterocycles. The molecule has 3 aromatic rings. The summed E-state index contributed by atoms with van der Waals surface area (Å²) in [6.07, 6.45) is 5.80. The van der Waals surface area contributed by atoms with Gasteiger partial charge in [-0.1, -0.05) is 0 Å². The number of nitrogen functional groups attached to an aromatic ring is 1. The smallest absolute Gasteiger partial charge is 0.275 e. The second-order valence-electron chi connectivity index (χ2n) is 7.52. The summed E-state index contributed by atoms with van der Waals surface area (Å²) in [6.45, 7) is 5.37. The Hall–Kier alpha value is -2.91. The molecule has 0 spiro atoms. The predicted molar refractivity (Wildman–Crippen MR) is 122 cm³/mol. The fourth-order valence-corrected chi connectivity index (χ4v) is 4.46. The molecular formula is C21H27N7OS. The molecule has 158 valence electrons. The van der Waals surface area contributed by atoms with Crippen LogP contribution in [0.15, 0.2) is 36.0 Å². The van der Waals surface area contributed by atoms with Gasteiger partial charge in [0.1, 0.15) is 10.7 Å². The van der Waals surface area contributed by atoms with Gasteiger partial charge in [-0.3, -0.25) is 9.48 Å². The van der Waals surface area contributed by atoms with Gasteiger partial charge in [0.2, 0.25) is 0 Å². The van der Waals surface area contributed by atoms with Crippen LogP contribution in [0, 0.1) is 5.92 Å². The van der Waals surface area contributed by atoms with E-state index in [-0.39, 0.29) is 5.91 Å². The Morgan fingerprint density at radius 2 is 2.13 bits per heavy atom. The van der Waals surface area contributed by atoms with Crippen LogP contribution in [-0.4, -0.2) is 40.3 Å². The minimum atomic E-state index is -0.246. The van der Waals surface area contributed by atoms with Crippen molar-refractivity contribution >= 4 is 34.3 Å². The summed E-state index contributed by atoms with van der Waals surface area (Å²) in [6, 6.07) is 5.65. The first kappa shape index (κ1) is 20.4. The van der Waals surface area contributed by atoms with Crippen LogP contribution in [0.3, 0.4) is 0 Å². The van der Waals surface area contributed by atoms with Gasteiger partial charge in [0.25, 0.3) is 5.91 Å². The zero-order valence-corrected chi connectivity index (χ0v) is 17.9. The number of thiazole rings is 1. The van der Waals surface area contributed by atoms with Crippen LogP contribution in [0.2, 0.25) is 0 Å². The molecule has 4 rings (SSSR count). The lowest BCUT2D eigenvalue weighted by Gasteiger charge is -2.34. The summed E-state index contributed by atoms with van der Waals surface area (Å²) in [5.41, 5.74) is 15.4. The van der Waals surface area contributed by atoms with Gasteiger partial charge in [-0.05, 0) is 50.4 Å². The van der Waals surface area contributed by atoms with Gasteiger partial charge in [0.15, 0.2) is 0 Å². The number of piperidine rings is 1. The average molecular weight is 426 g/mol. The fourth-order valence-electron chi connectivity index (χ4n) is 3.68. The standard InChI is InChI=1S/C21H27N7OS/c1-2-28-12-15(11-24-28)21-26-18(13-30-21)20(29)25-17-9-16(23)3-4-19(17)27-7-5-14(10-22)6-8-27/h3-4,9,11-14H,2,5-8,10,22-23H2,1H3,(H,25,29). The number of aryl methyl sites for hydroxylation is 1. The first-order valence-electron chi connectivity index (χ1n) is 10.2. The monoisotopic (exact) mass is 425 g/mol. The van der Waals surface area contributed by atoms with E-state index in [1.165, 1.54) is 11.3 Å². The van der Waals surface area contributed by atoms with E-state index in [4.69, 9.17) is 11.5 Å². The number of aromatic nitrogens is 3. The van der Waals surface area contributed by atoms with E-state index in [9.17, 15) is 4.79 Å². The molecule has 1 aromatic carbocycles. The maximum atomic E-state index is 12.9. The van der Waals surface area contributed by atoms with Crippen molar-refractivity contribution in [3.8, 4) is 10.6 Å². The van der Waals surface area contributed by atoms with Crippen LogP contribution in [-0.2, 0) is 6.54 Å². The lowest BCUT2D eigenvalue weighted by Crippen LogP contribution is -2.36. The third-order valence-electron chi connectivity index (χ3n) is 5.50. The second kappa shape index (κ2) is 8.85. The molecule has 1 aliphatic rings. The number of nitrogens with two attached hydrogens (primary N) is 2. The number of hydrogen-bond donors (Lipinski definition) is 3. The molecule has 0 aliphatic carbocycles. The number of anilines is 3. The fraction of sp³-hybridized carbons (Fsp3) is 0.381. The van der Waals surface area contributed by atoms with Gasteiger partial charge in [-0.15, -0.1) is 11.3 Å². The predicted octanol–water partition coefficient (Wildman–Crippen LogP) is 3.04. The van der Waals surface area contributed by atoms with Crippen LogP contribution in [0.1, 0.15) is 30.3 Å². The Morgan fingerprint density at radius 1 is 1.33 bits per heavy atom. The molecule has 1 saturated heterocycles. The van der Waals surface area contributed by atoms with Crippen molar-refractivity contribution in [2.45, 2.75) is 26.3 Å². The molecule has 1 aliphatic heterocycles. The zero-order valence-electron chi connectivity index (χ0n) is 17.0. The number of nitrogens with one attached hydrogen (secondary N) is 1. The summed E-state index contributed by atoms with van der Waals surface area (Å²) >= 11 is 1.43. The van der Waals surface area contributed by atoms with Crippen LogP contribution in [0.5, 0.6) is 0 Å². The maximum absolute atomic E-state index is 12.9. The average Bonchev–Trinajstić information content (AvgIpc) is 3.43. The van der Waals surface area contributed by atoms with E-state index < -0.39 is 0 Å². The lowest BCUT2D eigenvalue weighted by atomic mass is 9.96. The number of amides is 1. The van der Waals surface area contributed by atoms with E-state index in [0.717, 1.165) is 55.3 Å². The highest BCUT2D eigenvalue weighted by atomic mass is 32.1. The van der Waals surface area contributed by atoms with Crippen molar-refractivity contribution in [3.63, 3.8) is 0 Å². The topological polar surface area (TPSA) is 115 Å². The van der Waals surface area contributed by atoms with Crippen molar-refractivity contribution in [1.29, 1.82) is 0 Å². The molecule has 0 saturated carbocycles. The molecule has 1 amide bonds. The van der Waals surface area contributed by atoms with E-state index in [0.29, 0.717) is 23.0 Å². The quantitative estimate of drug-likeness (QED) is 0.523. The number of rotatable bonds is 6. The Morgan fingerprint density at radius 3 is 2.83 bits per heavy atom. The second-order valence-corrected chi connectivity index (χ2v) is 8.38. The molecule has 0 unspecified atom stereocenters. The molecule has 0 bridgehead atoms. The SMILES string of the molecule is CCn1cc(-c2nc(C(=O)Nc3cc(N)ccc3N3CCC(CN)CC3)cs2)cn1. The van der Waals surface area contributed by atoms with Gasteiger partial charge in [-0.25, -0.2) is 4.98 Å². The number of nitrogens with zero attached hydrogens (tertiary/aromatic N) is 4. The summed E-state index contributed by atoms with van der Waals surface area (Å²) < 4.78 is 1.84. The molecule has 0 radical (unpaired) electrons. The number of hydrogen-bond acceptors (Lipinski definition) is 7. The van der Waals surface area contributed by atoms with E-state index in [2.05, 4.69) is 20.3 Å². The van der Waals surface area contributed by atoms with Crippen LogP contribution in [0.25, 0.3) is 10.6 Å². The van der Waals surface area contributed by atoms with E-state index >= 15 is 0 Å². The molecule has 5 N–H and O–H groups in total. The van der Waals surface area contributed by atoms with Crippen LogP contribution in [0.4, 0.5) is 17.1 Å². The highest BCUT2D eigenvalue weighted by Gasteiger charge is 2.22. The molecule has 8 nitrogen and oxygen atoms in total. The third kappa shape index (κ3) is 4.31. The molecule has 30 heavy (non-hydrogen) atoms. The first-order valence-corrected chi connectivity index (χ1v) is 11.1. The van der Waals surface area contributed by atoms with E-state index in [1.54, 1.807) is 17.6 Å². The highest BCUT2D eigenvalue weighted by Crippen LogP contribution is 2.32. The van der Waals surface area contributed by atoms with Gasteiger partial charge in [0, 0.05) is 42.5 Å². The molecule has 9 heteroatoms. The van der Waals surface area contributed by atoms with Gasteiger partial charge >= 0.3 is 0 Å². The third-order valence-corrected chi connectivity index (χ3v) is 6.39. The largest absolute Gasteiger partial charge is 0.399 e. The number of carbonyl (C=O) groups is 1. The summed E-state index contributed by atoms with van der Waals surface area (Å²) in [7, 11) is 0. The summed E-state index contributed by atoms with van der Waals surface area (Å²) in [5.74, 6) is 0.322. The molecule has 1 fully saturated rings. The lowest BCUT2D eigenvalue weighted by molar-refractivity contribution is 0.102. The Bertz CT molecular complexity index is 1020. The van der Waals surface area contributed by atoms with Crippen molar-refractivity contribution < 1.29 is 4.79 Å².